The predicted octanol–water partition coefficient (Wildman–Crippen LogP) is 2.53. The molecule has 0 aromatic heterocycles. The first-order chi connectivity index (χ1) is 15.3. The number of carbonyl (C=O) groups excluding carboxylic acids is 3. The van der Waals surface area contributed by atoms with E-state index in [4.69, 9.17) is 9.47 Å². The molecule has 0 spiro atoms. The Bertz CT molecular complexity index is 1010. The van der Waals surface area contributed by atoms with Crippen LogP contribution in [-0.4, -0.2) is 50.1 Å². The SMILES string of the molecule is CCC1(c2ccc(OC)c(C)c2)NC(=O)N(CC(=O)NCCc2ccc(OC)cc2)C1=O. The van der Waals surface area contributed by atoms with Crippen molar-refractivity contribution in [2.24, 2.45) is 0 Å². The number of hydrogen-bond acceptors (Lipinski definition) is 5. The Labute approximate surface area is 187 Å². The maximum atomic E-state index is 13.2. The molecular formula is C24H29N3O5. The van der Waals surface area contributed by atoms with Gasteiger partial charge in [0.05, 0.1) is 14.2 Å². The van der Waals surface area contributed by atoms with Crippen LogP contribution in [0.1, 0.15) is 30.0 Å². The van der Waals surface area contributed by atoms with Gasteiger partial charge in [-0.3, -0.25) is 14.5 Å². The van der Waals surface area contributed by atoms with Crippen LogP contribution >= 0.6 is 0 Å². The number of ether oxygens (including phenoxy) is 2. The van der Waals surface area contributed by atoms with Gasteiger partial charge in [0.15, 0.2) is 0 Å². The smallest absolute Gasteiger partial charge is 0.325 e. The third kappa shape index (κ3) is 4.54. The maximum Gasteiger partial charge on any atom is 0.325 e. The summed E-state index contributed by atoms with van der Waals surface area (Å²) in [7, 11) is 3.18. The van der Waals surface area contributed by atoms with E-state index in [0.29, 0.717) is 30.7 Å². The summed E-state index contributed by atoms with van der Waals surface area (Å²) < 4.78 is 10.4. The minimum absolute atomic E-state index is 0.329. The summed E-state index contributed by atoms with van der Waals surface area (Å²) in [4.78, 5) is 39.3. The molecule has 0 aliphatic carbocycles. The molecule has 1 fully saturated rings. The Kier molecular flexibility index (Phi) is 7.02. The van der Waals surface area contributed by atoms with Crippen LogP contribution in [0.2, 0.25) is 0 Å². The van der Waals surface area contributed by atoms with Gasteiger partial charge in [0.1, 0.15) is 23.6 Å². The van der Waals surface area contributed by atoms with E-state index in [-0.39, 0.29) is 12.5 Å². The van der Waals surface area contributed by atoms with E-state index in [2.05, 4.69) is 10.6 Å². The normalized spacial score (nSPS) is 17.8. The molecule has 0 bridgehead atoms. The van der Waals surface area contributed by atoms with Gasteiger partial charge in [0.2, 0.25) is 5.91 Å². The quantitative estimate of drug-likeness (QED) is 0.586. The zero-order valence-electron chi connectivity index (χ0n) is 18.9. The summed E-state index contributed by atoms with van der Waals surface area (Å²) in [6.07, 6.45) is 0.985. The van der Waals surface area contributed by atoms with Crippen LogP contribution in [0.25, 0.3) is 0 Å². The van der Waals surface area contributed by atoms with Crippen molar-refractivity contribution in [1.82, 2.24) is 15.5 Å². The number of benzene rings is 2. The highest BCUT2D eigenvalue weighted by molar-refractivity contribution is 6.09. The number of amides is 4. The number of aryl methyl sites for hydroxylation is 1. The second kappa shape index (κ2) is 9.72. The molecule has 2 aromatic carbocycles. The highest BCUT2D eigenvalue weighted by atomic mass is 16.5. The van der Waals surface area contributed by atoms with Gasteiger partial charge in [0, 0.05) is 6.54 Å². The molecule has 4 amide bonds. The van der Waals surface area contributed by atoms with Crippen LogP contribution < -0.4 is 20.1 Å². The fourth-order valence-corrected chi connectivity index (χ4v) is 3.89. The molecule has 8 heteroatoms. The van der Waals surface area contributed by atoms with E-state index in [0.717, 1.165) is 21.8 Å². The molecule has 170 valence electrons. The van der Waals surface area contributed by atoms with Crippen LogP contribution in [-0.2, 0) is 21.5 Å². The van der Waals surface area contributed by atoms with Crippen LogP contribution in [0.15, 0.2) is 42.5 Å². The van der Waals surface area contributed by atoms with Gasteiger partial charge in [-0.2, -0.15) is 0 Å². The molecular weight excluding hydrogens is 410 g/mol. The van der Waals surface area contributed by atoms with Crippen molar-refractivity contribution >= 4 is 17.8 Å². The van der Waals surface area contributed by atoms with Gasteiger partial charge in [-0.25, -0.2) is 4.79 Å². The molecule has 1 unspecified atom stereocenters. The van der Waals surface area contributed by atoms with E-state index in [1.165, 1.54) is 0 Å². The Morgan fingerprint density at radius 2 is 1.81 bits per heavy atom. The van der Waals surface area contributed by atoms with Crippen molar-refractivity contribution in [3.8, 4) is 11.5 Å². The van der Waals surface area contributed by atoms with Crippen LogP contribution in [0, 0.1) is 6.92 Å². The summed E-state index contributed by atoms with van der Waals surface area (Å²) in [5.74, 6) is 0.646. The maximum absolute atomic E-state index is 13.2. The summed E-state index contributed by atoms with van der Waals surface area (Å²) in [6, 6.07) is 12.4. The molecule has 1 saturated heterocycles. The first kappa shape index (κ1) is 23.1. The van der Waals surface area contributed by atoms with Gasteiger partial charge in [-0.1, -0.05) is 25.1 Å². The largest absolute Gasteiger partial charge is 0.497 e. The summed E-state index contributed by atoms with van der Waals surface area (Å²) in [5, 5.41) is 5.58. The van der Waals surface area contributed by atoms with Crippen LogP contribution in [0.3, 0.4) is 0 Å². The van der Waals surface area contributed by atoms with Crippen LogP contribution in [0.4, 0.5) is 4.79 Å². The zero-order chi connectivity index (χ0) is 23.3. The fraction of sp³-hybridized carbons (Fsp3) is 0.375. The first-order valence-corrected chi connectivity index (χ1v) is 10.5. The Balaban J connectivity index is 1.64. The number of imide groups is 1. The van der Waals surface area contributed by atoms with E-state index < -0.39 is 17.5 Å². The molecule has 3 rings (SSSR count). The molecule has 0 saturated carbocycles. The number of rotatable bonds is 9. The number of carbonyl (C=O) groups is 3. The third-order valence-electron chi connectivity index (χ3n) is 5.79. The zero-order valence-corrected chi connectivity index (χ0v) is 18.9. The molecule has 1 aliphatic rings. The van der Waals surface area contributed by atoms with Gasteiger partial charge >= 0.3 is 6.03 Å². The van der Waals surface area contributed by atoms with E-state index in [1.807, 2.05) is 44.2 Å². The van der Waals surface area contributed by atoms with Gasteiger partial charge < -0.3 is 20.1 Å². The molecule has 8 nitrogen and oxygen atoms in total. The molecule has 2 aromatic rings. The lowest BCUT2D eigenvalue weighted by atomic mass is 9.86. The van der Waals surface area contributed by atoms with Crippen molar-refractivity contribution in [3.05, 3.63) is 59.2 Å². The second-order valence-corrected chi connectivity index (χ2v) is 7.71. The average Bonchev–Trinajstić information content (AvgIpc) is 3.04. The lowest BCUT2D eigenvalue weighted by Crippen LogP contribution is -2.45. The van der Waals surface area contributed by atoms with Crippen molar-refractivity contribution in [2.75, 3.05) is 27.3 Å². The monoisotopic (exact) mass is 439 g/mol. The summed E-state index contributed by atoms with van der Waals surface area (Å²) in [5.41, 5.74) is 1.37. The van der Waals surface area contributed by atoms with E-state index in [9.17, 15) is 14.4 Å². The Hall–Kier alpha value is -3.55. The van der Waals surface area contributed by atoms with Gasteiger partial charge in [-0.05, 0) is 60.7 Å². The summed E-state index contributed by atoms with van der Waals surface area (Å²) in [6.45, 7) is 3.77. The summed E-state index contributed by atoms with van der Waals surface area (Å²) >= 11 is 0. The molecule has 1 aliphatic heterocycles. The molecule has 0 radical (unpaired) electrons. The molecule has 2 N–H and O–H groups in total. The van der Waals surface area contributed by atoms with Gasteiger partial charge in [-0.15, -0.1) is 0 Å². The first-order valence-electron chi connectivity index (χ1n) is 10.5. The standard InChI is InChI=1S/C24H29N3O5/c1-5-24(18-8-11-20(32-4)16(2)14-18)22(29)27(23(30)26-24)15-21(28)25-13-12-17-6-9-19(31-3)10-7-17/h6-11,14H,5,12-13,15H2,1-4H3,(H,25,28)(H,26,30). The predicted molar refractivity (Wildman–Crippen MR) is 120 cm³/mol. The van der Waals surface area contributed by atoms with Gasteiger partial charge in [0.25, 0.3) is 5.91 Å². The van der Waals surface area contributed by atoms with Crippen molar-refractivity contribution in [3.63, 3.8) is 0 Å². The van der Waals surface area contributed by atoms with Crippen molar-refractivity contribution in [1.29, 1.82) is 0 Å². The number of methoxy groups -OCH3 is 2. The highest BCUT2D eigenvalue weighted by Crippen LogP contribution is 2.34. The van der Waals surface area contributed by atoms with Crippen molar-refractivity contribution in [2.45, 2.75) is 32.2 Å². The third-order valence-corrected chi connectivity index (χ3v) is 5.79. The Morgan fingerprint density at radius 1 is 1.09 bits per heavy atom. The van der Waals surface area contributed by atoms with E-state index >= 15 is 0 Å². The molecule has 1 atom stereocenters. The number of nitrogens with zero attached hydrogens (tertiary/aromatic N) is 1. The van der Waals surface area contributed by atoms with E-state index in [1.54, 1.807) is 26.4 Å². The lowest BCUT2D eigenvalue weighted by molar-refractivity contribution is -0.135. The lowest BCUT2D eigenvalue weighted by Gasteiger charge is -2.26. The minimum atomic E-state index is -1.20. The average molecular weight is 440 g/mol. The topological polar surface area (TPSA) is 97.0 Å². The Morgan fingerprint density at radius 3 is 2.41 bits per heavy atom. The number of hydrogen-bond donors (Lipinski definition) is 2. The fourth-order valence-electron chi connectivity index (χ4n) is 3.89. The minimum Gasteiger partial charge on any atom is -0.497 e. The molecule has 1 heterocycles. The van der Waals surface area contributed by atoms with Crippen LogP contribution in [0.5, 0.6) is 11.5 Å². The molecule has 32 heavy (non-hydrogen) atoms. The number of nitrogens with one attached hydrogen (secondary N) is 2. The van der Waals surface area contributed by atoms with Crippen molar-refractivity contribution < 1.29 is 23.9 Å². The highest BCUT2D eigenvalue weighted by Gasteiger charge is 2.51. The second-order valence-electron chi connectivity index (χ2n) is 7.71. The number of urea groups is 1.